The minimum Gasteiger partial charge on any atom is -0.353 e. The molecule has 2 unspecified atom stereocenters. The summed E-state index contributed by atoms with van der Waals surface area (Å²) in [5.41, 5.74) is 1.66. The maximum absolute atomic E-state index is 11.4. The molecule has 3 heteroatoms. The first-order valence-electron chi connectivity index (χ1n) is 7.32. The number of carbonyl (C=O) groups excluding carboxylic acids is 1. The molecule has 2 aromatic rings. The summed E-state index contributed by atoms with van der Waals surface area (Å²) in [7, 11) is 0. The second-order valence-corrected chi connectivity index (χ2v) is 5.77. The van der Waals surface area contributed by atoms with Crippen molar-refractivity contribution in [1.29, 1.82) is 0 Å². The zero-order chi connectivity index (χ0) is 14.1. The molecule has 1 aliphatic rings. The smallest absolute Gasteiger partial charge is 0.153 e. The van der Waals surface area contributed by atoms with Crippen molar-refractivity contribution in [2.24, 2.45) is 5.92 Å². The Kier molecular flexibility index (Phi) is 3.43. The molecule has 0 saturated carbocycles. The number of pyridine rings is 1. The predicted octanol–water partition coefficient (Wildman–Crippen LogP) is 3.67. The van der Waals surface area contributed by atoms with Crippen LogP contribution in [0.3, 0.4) is 0 Å². The van der Waals surface area contributed by atoms with Crippen molar-refractivity contribution < 1.29 is 4.79 Å². The van der Waals surface area contributed by atoms with Crippen LogP contribution in [0.25, 0.3) is 10.9 Å². The number of piperidine rings is 1. The number of carbonyl (C=O) groups is 1. The maximum atomic E-state index is 11.4. The van der Waals surface area contributed by atoms with Crippen molar-refractivity contribution >= 4 is 23.0 Å². The molecule has 0 bridgehead atoms. The lowest BCUT2D eigenvalue weighted by Gasteiger charge is -2.39. The molecule has 1 aliphatic heterocycles. The minimum absolute atomic E-state index is 0.427. The van der Waals surface area contributed by atoms with Gasteiger partial charge in [-0.05, 0) is 37.8 Å². The molecule has 3 rings (SSSR count). The second kappa shape index (κ2) is 5.23. The average molecular weight is 268 g/mol. The van der Waals surface area contributed by atoms with Crippen LogP contribution in [0.15, 0.2) is 30.3 Å². The van der Waals surface area contributed by atoms with Crippen molar-refractivity contribution in [1.82, 2.24) is 4.98 Å². The maximum Gasteiger partial charge on any atom is 0.153 e. The molecule has 1 aromatic carbocycles. The Balaban J connectivity index is 2.11. The van der Waals surface area contributed by atoms with Gasteiger partial charge in [-0.3, -0.25) is 4.79 Å². The number of benzene rings is 1. The zero-order valence-electron chi connectivity index (χ0n) is 12.0. The number of rotatable bonds is 2. The molecule has 1 fully saturated rings. The van der Waals surface area contributed by atoms with Crippen LogP contribution in [0.2, 0.25) is 0 Å². The highest BCUT2D eigenvalue weighted by Gasteiger charge is 2.27. The number of nitrogens with zero attached hydrogens (tertiary/aromatic N) is 2. The third-order valence-corrected chi connectivity index (χ3v) is 4.50. The summed E-state index contributed by atoms with van der Waals surface area (Å²) in [6.07, 6.45) is 3.35. The van der Waals surface area contributed by atoms with E-state index in [0.29, 0.717) is 17.5 Å². The molecule has 1 saturated heterocycles. The van der Waals surface area contributed by atoms with E-state index in [-0.39, 0.29) is 0 Å². The van der Waals surface area contributed by atoms with Gasteiger partial charge in [0.2, 0.25) is 0 Å². The van der Waals surface area contributed by atoms with Crippen molar-refractivity contribution in [2.45, 2.75) is 32.7 Å². The van der Waals surface area contributed by atoms with Gasteiger partial charge < -0.3 is 4.90 Å². The van der Waals surface area contributed by atoms with Crippen LogP contribution in [0.5, 0.6) is 0 Å². The number of para-hydroxylation sites is 1. The Morgan fingerprint density at radius 3 is 2.90 bits per heavy atom. The van der Waals surface area contributed by atoms with Crippen molar-refractivity contribution in [2.75, 3.05) is 11.4 Å². The van der Waals surface area contributed by atoms with E-state index < -0.39 is 0 Å². The predicted molar refractivity (Wildman–Crippen MR) is 82.3 cm³/mol. The summed E-state index contributed by atoms with van der Waals surface area (Å²) in [6, 6.07) is 10.4. The molecule has 3 nitrogen and oxygen atoms in total. The largest absolute Gasteiger partial charge is 0.353 e. The van der Waals surface area contributed by atoms with Gasteiger partial charge in [-0.2, -0.15) is 0 Å². The Morgan fingerprint density at radius 1 is 1.30 bits per heavy atom. The fourth-order valence-electron chi connectivity index (χ4n) is 3.07. The number of aldehydes is 1. The highest BCUT2D eigenvalue weighted by Crippen LogP contribution is 2.30. The van der Waals surface area contributed by atoms with E-state index in [9.17, 15) is 4.79 Å². The minimum atomic E-state index is 0.427. The third kappa shape index (κ3) is 2.17. The van der Waals surface area contributed by atoms with Crippen molar-refractivity contribution in [3.63, 3.8) is 0 Å². The highest BCUT2D eigenvalue weighted by molar-refractivity contribution is 5.91. The molecular weight excluding hydrogens is 248 g/mol. The Bertz CT molecular complexity index is 638. The van der Waals surface area contributed by atoms with Gasteiger partial charge in [0.1, 0.15) is 5.82 Å². The van der Waals surface area contributed by atoms with E-state index in [2.05, 4.69) is 18.7 Å². The standard InChI is InChI=1S/C17H20N2O/c1-12-6-5-9-19(13(12)2)17-15(11-20)10-14-7-3-4-8-16(14)18-17/h3-4,7-8,10-13H,5-6,9H2,1-2H3. The van der Waals surface area contributed by atoms with E-state index in [1.165, 1.54) is 6.42 Å². The summed E-state index contributed by atoms with van der Waals surface area (Å²) < 4.78 is 0. The SMILES string of the molecule is CC1CCCN(c2nc3ccccc3cc2C=O)C1C. The van der Waals surface area contributed by atoms with E-state index >= 15 is 0 Å². The number of hydrogen-bond acceptors (Lipinski definition) is 3. The number of hydrogen-bond donors (Lipinski definition) is 0. The lowest BCUT2D eigenvalue weighted by Crippen LogP contribution is -2.43. The van der Waals surface area contributed by atoms with Crippen LogP contribution in [-0.2, 0) is 0 Å². The van der Waals surface area contributed by atoms with Crippen LogP contribution in [-0.4, -0.2) is 23.9 Å². The van der Waals surface area contributed by atoms with Gasteiger partial charge in [0.15, 0.2) is 6.29 Å². The fraction of sp³-hybridized carbons (Fsp3) is 0.412. The number of fused-ring (bicyclic) bond motifs is 1. The molecule has 0 aliphatic carbocycles. The van der Waals surface area contributed by atoms with Gasteiger partial charge in [0, 0.05) is 18.0 Å². The molecule has 2 heterocycles. The van der Waals surface area contributed by atoms with E-state index in [1.807, 2.05) is 30.3 Å². The monoisotopic (exact) mass is 268 g/mol. The summed E-state index contributed by atoms with van der Waals surface area (Å²) >= 11 is 0. The van der Waals surface area contributed by atoms with E-state index in [4.69, 9.17) is 4.98 Å². The lowest BCUT2D eigenvalue weighted by atomic mass is 9.91. The first-order chi connectivity index (χ1) is 9.70. The summed E-state index contributed by atoms with van der Waals surface area (Å²) in [6.45, 7) is 5.49. The Labute approximate surface area is 119 Å². The van der Waals surface area contributed by atoms with Gasteiger partial charge in [-0.15, -0.1) is 0 Å². The molecule has 104 valence electrons. The van der Waals surface area contributed by atoms with Crippen molar-refractivity contribution in [3.05, 3.63) is 35.9 Å². The first kappa shape index (κ1) is 13.1. The van der Waals surface area contributed by atoms with E-state index in [1.54, 1.807) is 0 Å². The topological polar surface area (TPSA) is 33.2 Å². The normalized spacial score (nSPS) is 23.0. The van der Waals surface area contributed by atoms with Gasteiger partial charge in [-0.25, -0.2) is 4.98 Å². The van der Waals surface area contributed by atoms with Gasteiger partial charge in [0.25, 0.3) is 0 Å². The van der Waals surface area contributed by atoms with Gasteiger partial charge in [0.05, 0.1) is 11.1 Å². The van der Waals surface area contributed by atoms with Crippen LogP contribution in [0.1, 0.15) is 37.0 Å². The molecule has 0 N–H and O–H groups in total. The highest BCUT2D eigenvalue weighted by atomic mass is 16.1. The zero-order valence-corrected chi connectivity index (χ0v) is 12.0. The van der Waals surface area contributed by atoms with E-state index in [0.717, 1.165) is 36.0 Å². The van der Waals surface area contributed by atoms with Crippen molar-refractivity contribution in [3.8, 4) is 0 Å². The molecule has 0 spiro atoms. The summed E-state index contributed by atoms with van der Waals surface area (Å²) in [5, 5.41) is 1.02. The Hall–Kier alpha value is -1.90. The molecule has 0 radical (unpaired) electrons. The van der Waals surface area contributed by atoms with Crippen LogP contribution < -0.4 is 4.90 Å². The third-order valence-electron chi connectivity index (χ3n) is 4.50. The molecule has 0 amide bonds. The first-order valence-corrected chi connectivity index (χ1v) is 7.32. The van der Waals surface area contributed by atoms with Crippen LogP contribution in [0, 0.1) is 5.92 Å². The molecule has 2 atom stereocenters. The van der Waals surface area contributed by atoms with Crippen LogP contribution >= 0.6 is 0 Å². The van der Waals surface area contributed by atoms with Crippen LogP contribution in [0.4, 0.5) is 5.82 Å². The second-order valence-electron chi connectivity index (χ2n) is 5.77. The summed E-state index contributed by atoms with van der Waals surface area (Å²) in [5.74, 6) is 1.48. The quantitative estimate of drug-likeness (QED) is 0.779. The number of aromatic nitrogens is 1. The lowest BCUT2D eigenvalue weighted by molar-refractivity contribution is 0.112. The summed E-state index contributed by atoms with van der Waals surface area (Å²) in [4.78, 5) is 18.5. The fourth-order valence-corrected chi connectivity index (χ4v) is 3.07. The number of anilines is 1. The molecular formula is C17H20N2O. The molecule has 20 heavy (non-hydrogen) atoms. The van der Waals surface area contributed by atoms with Gasteiger partial charge in [-0.1, -0.05) is 25.1 Å². The van der Waals surface area contributed by atoms with Gasteiger partial charge >= 0.3 is 0 Å². The Morgan fingerprint density at radius 2 is 2.10 bits per heavy atom. The average Bonchev–Trinajstić information content (AvgIpc) is 2.48. The molecule has 1 aromatic heterocycles.